The van der Waals surface area contributed by atoms with Crippen LogP contribution in [-0.2, 0) is 28.6 Å². The average Bonchev–Trinajstić information content (AvgIpc) is 3.44. The molecular weight excluding hydrogens is 961 g/mol. The third-order valence-corrected chi connectivity index (χ3v) is 15.9. The van der Waals surface area contributed by atoms with E-state index in [0.29, 0.717) is 19.3 Å². The Morgan fingerprint density at radius 1 is 0.256 bits per heavy atom. The summed E-state index contributed by atoms with van der Waals surface area (Å²) in [6.45, 7) is 6.62. The first-order chi connectivity index (χ1) is 38.5. The first-order valence-electron chi connectivity index (χ1n) is 35.0. The number of hydrogen-bond donors (Lipinski definition) is 0. The highest BCUT2D eigenvalue weighted by molar-refractivity contribution is 5.71. The quantitative estimate of drug-likeness (QED) is 0.0261. The molecule has 0 bridgehead atoms. The molecule has 0 heterocycles. The Morgan fingerprint density at radius 3 is 0.718 bits per heavy atom. The predicted molar refractivity (Wildman–Crippen MR) is 339 cm³/mol. The van der Waals surface area contributed by atoms with E-state index in [2.05, 4.69) is 57.2 Å². The maximum atomic E-state index is 12.8. The van der Waals surface area contributed by atoms with Crippen molar-refractivity contribution in [1.82, 2.24) is 0 Å². The monoisotopic (exact) mass is 1100 g/mol. The zero-order valence-electron chi connectivity index (χ0n) is 52.7. The average molecular weight is 1100 g/mol. The molecule has 0 aromatic heterocycles. The molecule has 0 radical (unpaired) electrons. The van der Waals surface area contributed by atoms with Gasteiger partial charge in [0.15, 0.2) is 6.10 Å². The van der Waals surface area contributed by atoms with Crippen LogP contribution in [-0.4, -0.2) is 37.2 Å². The highest BCUT2D eigenvalue weighted by Gasteiger charge is 2.19. The van der Waals surface area contributed by atoms with Gasteiger partial charge in [0, 0.05) is 19.3 Å². The van der Waals surface area contributed by atoms with Crippen molar-refractivity contribution < 1.29 is 28.6 Å². The van der Waals surface area contributed by atoms with Gasteiger partial charge in [0.1, 0.15) is 13.2 Å². The van der Waals surface area contributed by atoms with Gasteiger partial charge in [-0.15, -0.1) is 0 Å². The van der Waals surface area contributed by atoms with Crippen LogP contribution in [0.4, 0.5) is 0 Å². The fourth-order valence-corrected chi connectivity index (χ4v) is 10.6. The van der Waals surface area contributed by atoms with Crippen LogP contribution >= 0.6 is 0 Å². The van der Waals surface area contributed by atoms with Gasteiger partial charge in [-0.1, -0.05) is 327 Å². The summed E-state index contributed by atoms with van der Waals surface area (Å²) in [6, 6.07) is 0. The first-order valence-corrected chi connectivity index (χ1v) is 35.0. The summed E-state index contributed by atoms with van der Waals surface area (Å²) in [5.41, 5.74) is 0. The van der Waals surface area contributed by atoms with Gasteiger partial charge < -0.3 is 14.2 Å². The number of unbranched alkanes of at least 4 members (excludes halogenated alkanes) is 48. The molecule has 0 aliphatic rings. The smallest absolute Gasteiger partial charge is 0.306 e. The van der Waals surface area contributed by atoms with Crippen molar-refractivity contribution in [3.05, 3.63) is 36.5 Å². The molecule has 0 aliphatic heterocycles. The molecule has 0 spiro atoms. The minimum absolute atomic E-state index is 0.0675. The van der Waals surface area contributed by atoms with Crippen molar-refractivity contribution in [3.8, 4) is 0 Å². The lowest BCUT2D eigenvalue weighted by Crippen LogP contribution is -2.30. The lowest BCUT2D eigenvalue weighted by atomic mass is 10.0. The number of ether oxygens (including phenoxy) is 3. The van der Waals surface area contributed by atoms with E-state index in [4.69, 9.17) is 14.2 Å². The second kappa shape index (κ2) is 67.1. The third kappa shape index (κ3) is 64.5. The van der Waals surface area contributed by atoms with Gasteiger partial charge >= 0.3 is 17.9 Å². The van der Waals surface area contributed by atoms with Gasteiger partial charge in [-0.3, -0.25) is 14.4 Å². The molecule has 0 fully saturated rings. The number of carbonyl (C=O) groups excluding carboxylic acids is 3. The SMILES string of the molecule is CCCCCCC/C=C\C/C=C\CCCCCCCCCCCCCCCCCCCCCCCCCC(=O)OCC(COC(=O)CCCCCCCC)OC(=O)CCCCCCCCCCC/C=C\CCCCCCCC. The van der Waals surface area contributed by atoms with Gasteiger partial charge in [0.05, 0.1) is 0 Å². The molecule has 1 atom stereocenters. The normalized spacial score (nSPS) is 12.2. The van der Waals surface area contributed by atoms with Crippen LogP contribution in [0.15, 0.2) is 36.5 Å². The summed E-state index contributed by atoms with van der Waals surface area (Å²) < 4.78 is 16.8. The van der Waals surface area contributed by atoms with Crippen molar-refractivity contribution in [2.45, 2.75) is 393 Å². The Morgan fingerprint density at radius 2 is 0.462 bits per heavy atom. The Balaban J connectivity index is 3.90. The van der Waals surface area contributed by atoms with Crippen LogP contribution in [0.2, 0.25) is 0 Å². The maximum Gasteiger partial charge on any atom is 0.306 e. The molecule has 1 unspecified atom stereocenters. The number of esters is 3. The topological polar surface area (TPSA) is 78.9 Å². The Hall–Kier alpha value is -2.37. The number of rotatable bonds is 65. The molecule has 0 aliphatic carbocycles. The summed E-state index contributed by atoms with van der Waals surface area (Å²) in [7, 11) is 0. The molecule has 0 aromatic carbocycles. The Kier molecular flexibility index (Phi) is 65.1. The molecule has 0 amide bonds. The highest BCUT2D eigenvalue weighted by Crippen LogP contribution is 2.18. The van der Waals surface area contributed by atoms with Crippen LogP contribution in [0.25, 0.3) is 0 Å². The molecule has 0 aromatic rings. The van der Waals surface area contributed by atoms with Gasteiger partial charge in [-0.2, -0.15) is 0 Å². The summed E-state index contributed by atoms with van der Waals surface area (Å²) in [6.07, 6.45) is 83.7. The van der Waals surface area contributed by atoms with Crippen LogP contribution < -0.4 is 0 Å². The summed E-state index contributed by atoms with van der Waals surface area (Å²) >= 11 is 0. The number of hydrogen-bond acceptors (Lipinski definition) is 6. The van der Waals surface area contributed by atoms with Gasteiger partial charge in [-0.25, -0.2) is 0 Å². The van der Waals surface area contributed by atoms with Crippen LogP contribution in [0.5, 0.6) is 0 Å². The Bertz CT molecular complexity index is 1300. The molecule has 0 N–H and O–H groups in total. The lowest BCUT2D eigenvalue weighted by molar-refractivity contribution is -0.167. The van der Waals surface area contributed by atoms with E-state index in [0.717, 1.165) is 64.2 Å². The zero-order chi connectivity index (χ0) is 56.4. The van der Waals surface area contributed by atoms with E-state index in [1.54, 1.807) is 0 Å². The van der Waals surface area contributed by atoms with Gasteiger partial charge in [-0.05, 0) is 77.0 Å². The van der Waals surface area contributed by atoms with E-state index in [1.165, 1.54) is 283 Å². The molecule has 78 heavy (non-hydrogen) atoms. The van der Waals surface area contributed by atoms with Crippen LogP contribution in [0.3, 0.4) is 0 Å². The number of carbonyl (C=O) groups is 3. The van der Waals surface area contributed by atoms with E-state index >= 15 is 0 Å². The van der Waals surface area contributed by atoms with Crippen molar-refractivity contribution in [2.75, 3.05) is 13.2 Å². The second-order valence-electron chi connectivity index (χ2n) is 23.8. The van der Waals surface area contributed by atoms with E-state index in [-0.39, 0.29) is 31.1 Å². The van der Waals surface area contributed by atoms with E-state index < -0.39 is 6.10 Å². The molecule has 0 saturated carbocycles. The third-order valence-electron chi connectivity index (χ3n) is 15.9. The zero-order valence-corrected chi connectivity index (χ0v) is 52.7. The molecular formula is C72H134O6. The first kappa shape index (κ1) is 75.6. The maximum absolute atomic E-state index is 12.8. The highest BCUT2D eigenvalue weighted by atomic mass is 16.6. The van der Waals surface area contributed by atoms with Crippen molar-refractivity contribution in [1.29, 1.82) is 0 Å². The van der Waals surface area contributed by atoms with Crippen LogP contribution in [0, 0.1) is 0 Å². The van der Waals surface area contributed by atoms with Crippen LogP contribution in [0.1, 0.15) is 387 Å². The van der Waals surface area contributed by atoms with Gasteiger partial charge in [0.25, 0.3) is 0 Å². The van der Waals surface area contributed by atoms with E-state index in [9.17, 15) is 14.4 Å². The van der Waals surface area contributed by atoms with Crippen molar-refractivity contribution >= 4 is 17.9 Å². The lowest BCUT2D eigenvalue weighted by Gasteiger charge is -2.18. The molecule has 458 valence electrons. The summed E-state index contributed by atoms with van der Waals surface area (Å²) in [4.78, 5) is 38.0. The summed E-state index contributed by atoms with van der Waals surface area (Å²) in [5.74, 6) is -0.856. The molecule has 6 nitrogen and oxygen atoms in total. The molecule has 6 heteroatoms. The van der Waals surface area contributed by atoms with E-state index in [1.807, 2.05) is 0 Å². The molecule has 0 rings (SSSR count). The molecule has 0 saturated heterocycles. The standard InChI is InChI=1S/C72H134O6/c1-4-7-10-13-16-18-20-22-24-26-28-29-30-31-32-33-34-35-36-37-38-39-40-41-42-43-45-46-48-50-52-54-56-59-62-65-71(74)77-68-69(67-76-70(73)64-61-58-15-12-9-6-3)78-72(75)66-63-60-57-55-53-51-49-47-44-27-25-23-21-19-17-14-11-8-5-2/h20,22-23,25-26,28,69H,4-19,21,24,27,29-68H2,1-3H3/b22-20-,25-23-,28-26-. The number of allylic oxidation sites excluding steroid dienone is 6. The Labute approximate surface area is 486 Å². The van der Waals surface area contributed by atoms with Crippen molar-refractivity contribution in [2.24, 2.45) is 0 Å². The predicted octanol–water partition coefficient (Wildman–Crippen LogP) is 23.9. The fourth-order valence-electron chi connectivity index (χ4n) is 10.6. The minimum Gasteiger partial charge on any atom is -0.462 e. The van der Waals surface area contributed by atoms with Gasteiger partial charge in [0.2, 0.25) is 0 Å². The summed E-state index contributed by atoms with van der Waals surface area (Å²) in [5, 5.41) is 0. The van der Waals surface area contributed by atoms with Crippen molar-refractivity contribution in [3.63, 3.8) is 0 Å². The second-order valence-corrected chi connectivity index (χ2v) is 23.8. The largest absolute Gasteiger partial charge is 0.462 e. The fraction of sp³-hybridized carbons (Fsp3) is 0.875. The minimum atomic E-state index is -0.767.